The molecule has 6 nitrogen and oxygen atoms in total. The SMILES string of the molecule is CCOC(=O)CCCc1ccc(CCCC(=O)OCC)c(C#N)c1C#N. The van der Waals surface area contributed by atoms with Crippen molar-refractivity contribution in [3.05, 3.63) is 34.4 Å². The molecule has 1 rings (SSSR count). The van der Waals surface area contributed by atoms with Crippen LogP contribution in [0.25, 0.3) is 0 Å². The molecule has 26 heavy (non-hydrogen) atoms. The predicted octanol–water partition coefficient (Wildman–Crippen LogP) is 3.20. The molecule has 0 aromatic heterocycles. The highest BCUT2D eigenvalue weighted by molar-refractivity contribution is 5.69. The molecule has 0 radical (unpaired) electrons. The van der Waals surface area contributed by atoms with Gasteiger partial charge in [-0.05, 0) is 50.7 Å². The second-order valence-corrected chi connectivity index (χ2v) is 5.67. The van der Waals surface area contributed by atoms with Crippen molar-refractivity contribution in [2.45, 2.75) is 52.4 Å². The molecule has 0 saturated carbocycles. The zero-order valence-corrected chi connectivity index (χ0v) is 15.3. The van der Waals surface area contributed by atoms with Crippen LogP contribution < -0.4 is 0 Å². The molecule has 0 amide bonds. The Morgan fingerprint density at radius 3 is 1.54 bits per heavy atom. The maximum atomic E-state index is 11.4. The number of aryl methyl sites for hydroxylation is 2. The van der Waals surface area contributed by atoms with Crippen LogP contribution in [0.5, 0.6) is 0 Å². The van der Waals surface area contributed by atoms with Gasteiger partial charge in [-0.1, -0.05) is 12.1 Å². The molecule has 138 valence electrons. The van der Waals surface area contributed by atoms with Crippen molar-refractivity contribution in [2.24, 2.45) is 0 Å². The summed E-state index contributed by atoms with van der Waals surface area (Å²) in [5.41, 5.74) is 2.21. The van der Waals surface area contributed by atoms with Gasteiger partial charge in [0.2, 0.25) is 0 Å². The fourth-order valence-corrected chi connectivity index (χ4v) is 2.67. The molecule has 0 heterocycles. The van der Waals surface area contributed by atoms with E-state index in [1.165, 1.54) is 0 Å². The average molecular weight is 356 g/mol. The molecule has 1 aromatic rings. The summed E-state index contributed by atoms with van der Waals surface area (Å²) in [6.07, 6.45) is 2.73. The highest BCUT2D eigenvalue weighted by Gasteiger charge is 2.14. The number of carbonyl (C=O) groups is 2. The van der Waals surface area contributed by atoms with E-state index in [0.717, 1.165) is 11.1 Å². The van der Waals surface area contributed by atoms with E-state index in [4.69, 9.17) is 9.47 Å². The normalized spacial score (nSPS) is 9.85. The van der Waals surface area contributed by atoms with Crippen molar-refractivity contribution < 1.29 is 19.1 Å². The van der Waals surface area contributed by atoms with Crippen molar-refractivity contribution in [3.63, 3.8) is 0 Å². The Morgan fingerprint density at radius 2 is 1.23 bits per heavy atom. The zero-order valence-electron chi connectivity index (χ0n) is 15.3. The molecule has 6 heteroatoms. The highest BCUT2D eigenvalue weighted by atomic mass is 16.5. The molecule has 0 aliphatic heterocycles. The summed E-state index contributed by atoms with van der Waals surface area (Å²) in [5.74, 6) is -0.524. The third-order valence-corrected chi connectivity index (χ3v) is 3.87. The summed E-state index contributed by atoms with van der Waals surface area (Å²) in [5, 5.41) is 18.9. The number of nitriles is 2. The predicted molar refractivity (Wildman–Crippen MR) is 95.0 cm³/mol. The number of esters is 2. The van der Waals surface area contributed by atoms with Gasteiger partial charge in [-0.25, -0.2) is 0 Å². The molecular formula is C20H24N2O4. The first kappa shape index (κ1) is 21.2. The number of ether oxygens (including phenoxy) is 2. The molecule has 0 aliphatic rings. The maximum Gasteiger partial charge on any atom is 0.305 e. The summed E-state index contributed by atoms with van der Waals surface area (Å²) in [7, 11) is 0. The van der Waals surface area contributed by atoms with Crippen LogP contribution in [0.1, 0.15) is 61.8 Å². The van der Waals surface area contributed by atoms with Crippen LogP contribution in [0.15, 0.2) is 12.1 Å². The van der Waals surface area contributed by atoms with Crippen LogP contribution in [-0.2, 0) is 31.9 Å². The van der Waals surface area contributed by atoms with Crippen LogP contribution in [0, 0.1) is 22.7 Å². The molecule has 0 atom stereocenters. The number of carbonyl (C=O) groups excluding carboxylic acids is 2. The lowest BCUT2D eigenvalue weighted by Crippen LogP contribution is -2.06. The molecule has 1 aromatic carbocycles. The molecule has 0 saturated heterocycles. The molecule has 0 bridgehead atoms. The monoisotopic (exact) mass is 356 g/mol. The van der Waals surface area contributed by atoms with Gasteiger partial charge in [0.25, 0.3) is 0 Å². The smallest absolute Gasteiger partial charge is 0.305 e. The van der Waals surface area contributed by atoms with E-state index in [1.54, 1.807) is 13.8 Å². The minimum atomic E-state index is -0.262. The van der Waals surface area contributed by atoms with Crippen LogP contribution in [-0.4, -0.2) is 25.2 Å². The summed E-state index contributed by atoms with van der Waals surface area (Å²) in [6.45, 7) is 4.21. The van der Waals surface area contributed by atoms with Crippen molar-refractivity contribution in [1.29, 1.82) is 10.5 Å². The lowest BCUT2D eigenvalue weighted by molar-refractivity contribution is -0.144. The first-order valence-corrected chi connectivity index (χ1v) is 8.83. The highest BCUT2D eigenvalue weighted by Crippen LogP contribution is 2.22. The Labute approximate surface area is 154 Å². The number of nitrogens with zero attached hydrogens (tertiary/aromatic N) is 2. The van der Waals surface area contributed by atoms with Gasteiger partial charge >= 0.3 is 11.9 Å². The van der Waals surface area contributed by atoms with Crippen LogP contribution in [0.3, 0.4) is 0 Å². The van der Waals surface area contributed by atoms with Gasteiger partial charge in [-0.3, -0.25) is 9.59 Å². The molecular weight excluding hydrogens is 332 g/mol. The topological polar surface area (TPSA) is 100 Å². The van der Waals surface area contributed by atoms with Crippen molar-refractivity contribution in [2.75, 3.05) is 13.2 Å². The van der Waals surface area contributed by atoms with Crippen LogP contribution >= 0.6 is 0 Å². The third-order valence-electron chi connectivity index (χ3n) is 3.87. The maximum absolute atomic E-state index is 11.4. The Bertz CT molecular complexity index is 653. The first-order valence-electron chi connectivity index (χ1n) is 8.83. The Balaban J connectivity index is 2.78. The Kier molecular flexibility index (Phi) is 9.49. The average Bonchev–Trinajstić information content (AvgIpc) is 2.62. The van der Waals surface area contributed by atoms with E-state index in [-0.39, 0.29) is 24.8 Å². The molecule has 0 aliphatic carbocycles. The van der Waals surface area contributed by atoms with Crippen molar-refractivity contribution in [1.82, 2.24) is 0 Å². The quantitative estimate of drug-likeness (QED) is 0.597. The van der Waals surface area contributed by atoms with Gasteiger partial charge in [0.15, 0.2) is 0 Å². The lowest BCUT2D eigenvalue weighted by atomic mass is 9.92. The van der Waals surface area contributed by atoms with Gasteiger partial charge in [0, 0.05) is 12.8 Å². The van der Waals surface area contributed by atoms with Gasteiger partial charge in [-0.15, -0.1) is 0 Å². The van der Waals surface area contributed by atoms with Crippen molar-refractivity contribution in [3.8, 4) is 12.1 Å². The lowest BCUT2D eigenvalue weighted by Gasteiger charge is -2.10. The zero-order chi connectivity index (χ0) is 19.4. The van der Waals surface area contributed by atoms with Gasteiger partial charge < -0.3 is 9.47 Å². The van der Waals surface area contributed by atoms with Crippen LogP contribution in [0.4, 0.5) is 0 Å². The number of rotatable bonds is 10. The Morgan fingerprint density at radius 1 is 0.846 bits per heavy atom. The van der Waals surface area contributed by atoms with Crippen LogP contribution in [0.2, 0.25) is 0 Å². The fraction of sp³-hybridized carbons (Fsp3) is 0.500. The first-order chi connectivity index (χ1) is 12.6. The summed E-state index contributed by atoms with van der Waals surface area (Å²) >= 11 is 0. The van der Waals surface area contributed by atoms with Gasteiger partial charge in [0.05, 0.1) is 24.3 Å². The number of hydrogen-bond donors (Lipinski definition) is 0. The largest absolute Gasteiger partial charge is 0.466 e. The van der Waals surface area contributed by atoms with E-state index in [0.29, 0.717) is 50.0 Å². The summed E-state index contributed by atoms with van der Waals surface area (Å²) in [4.78, 5) is 22.8. The molecule has 0 unspecified atom stereocenters. The second kappa shape index (κ2) is 11.7. The molecule has 0 spiro atoms. The summed E-state index contributed by atoms with van der Waals surface area (Å²) < 4.78 is 9.77. The van der Waals surface area contributed by atoms with E-state index >= 15 is 0 Å². The standard InChI is InChI=1S/C20H24N2O4/c1-3-25-19(23)9-5-7-15-11-12-16(18(14-22)17(15)13-21)8-6-10-20(24)26-4-2/h11-12H,3-10H2,1-2H3. The van der Waals surface area contributed by atoms with E-state index in [9.17, 15) is 20.1 Å². The number of hydrogen-bond acceptors (Lipinski definition) is 6. The van der Waals surface area contributed by atoms with E-state index in [1.807, 2.05) is 12.1 Å². The fourth-order valence-electron chi connectivity index (χ4n) is 2.67. The molecule has 0 N–H and O–H groups in total. The van der Waals surface area contributed by atoms with Gasteiger partial charge in [-0.2, -0.15) is 10.5 Å². The Hall–Kier alpha value is -2.86. The molecule has 0 fully saturated rings. The second-order valence-electron chi connectivity index (χ2n) is 5.67. The minimum absolute atomic E-state index is 0.262. The van der Waals surface area contributed by atoms with E-state index < -0.39 is 0 Å². The van der Waals surface area contributed by atoms with Crippen molar-refractivity contribution >= 4 is 11.9 Å². The third kappa shape index (κ3) is 6.57. The van der Waals surface area contributed by atoms with E-state index in [2.05, 4.69) is 12.1 Å². The van der Waals surface area contributed by atoms with Gasteiger partial charge in [0.1, 0.15) is 12.1 Å². The summed E-state index contributed by atoms with van der Waals surface area (Å²) in [6, 6.07) is 7.86. The number of benzene rings is 1. The minimum Gasteiger partial charge on any atom is -0.466 e.